The highest BCUT2D eigenvalue weighted by molar-refractivity contribution is 7.14. The number of nitrogens with zero attached hydrogens (tertiary/aromatic N) is 3. The average Bonchev–Trinajstić information content (AvgIpc) is 3.18. The fraction of sp³-hybridized carbons (Fsp3) is 0.235. The Morgan fingerprint density at radius 2 is 2.13 bits per heavy atom. The maximum absolute atomic E-state index is 12.2. The average molecular weight is 326 g/mol. The van der Waals surface area contributed by atoms with Gasteiger partial charge in [0.25, 0.3) is 5.91 Å². The van der Waals surface area contributed by atoms with Gasteiger partial charge in [0.1, 0.15) is 0 Å². The molecule has 2 aromatic heterocycles. The van der Waals surface area contributed by atoms with E-state index in [1.54, 1.807) is 16.9 Å². The summed E-state index contributed by atoms with van der Waals surface area (Å²) in [7, 11) is 0. The van der Waals surface area contributed by atoms with E-state index in [1.165, 1.54) is 22.5 Å². The smallest absolute Gasteiger partial charge is 0.277 e. The molecule has 0 atom stereocenters. The Morgan fingerprint density at radius 3 is 2.87 bits per heavy atom. The predicted octanol–water partition coefficient (Wildman–Crippen LogP) is 3.90. The Kier molecular flexibility index (Phi) is 4.25. The molecular formula is C17H18N4OS. The van der Waals surface area contributed by atoms with Gasteiger partial charge in [-0.05, 0) is 38.5 Å². The molecule has 5 nitrogen and oxygen atoms in total. The number of aryl methyl sites for hydroxylation is 3. The number of hydrogen-bond acceptors (Lipinski definition) is 4. The molecule has 3 rings (SSSR count). The van der Waals surface area contributed by atoms with E-state index in [0.29, 0.717) is 10.8 Å². The van der Waals surface area contributed by atoms with Crippen molar-refractivity contribution in [3.8, 4) is 11.3 Å². The molecule has 1 aromatic carbocycles. The van der Waals surface area contributed by atoms with Crippen LogP contribution in [-0.4, -0.2) is 20.7 Å². The Labute approximate surface area is 139 Å². The topological polar surface area (TPSA) is 59.8 Å². The minimum Gasteiger partial charge on any atom is -0.296 e. The lowest BCUT2D eigenvalue weighted by molar-refractivity contribution is 0.102. The van der Waals surface area contributed by atoms with Crippen molar-refractivity contribution in [2.24, 2.45) is 0 Å². The number of rotatable bonds is 4. The summed E-state index contributed by atoms with van der Waals surface area (Å²) >= 11 is 1.42. The van der Waals surface area contributed by atoms with Gasteiger partial charge in [-0.15, -0.1) is 11.3 Å². The maximum atomic E-state index is 12.2. The lowest BCUT2D eigenvalue weighted by Crippen LogP contribution is -2.13. The van der Waals surface area contributed by atoms with Gasteiger partial charge >= 0.3 is 0 Å². The molecule has 1 amide bonds. The van der Waals surface area contributed by atoms with E-state index < -0.39 is 0 Å². The molecule has 6 heteroatoms. The predicted molar refractivity (Wildman–Crippen MR) is 92.9 cm³/mol. The SMILES string of the molecule is CCn1ccc(C(=O)Nc2nc(-c3cc(C)ccc3C)cs2)n1. The standard InChI is InChI=1S/C17H18N4OS/c1-4-21-8-7-14(20-21)16(22)19-17-18-15(10-23-17)13-9-11(2)5-6-12(13)3/h5-10H,4H2,1-3H3,(H,18,19,22). The molecule has 0 fully saturated rings. The molecule has 3 aromatic rings. The number of anilines is 1. The number of hydrogen-bond donors (Lipinski definition) is 1. The van der Waals surface area contributed by atoms with Crippen LogP contribution in [0.4, 0.5) is 5.13 Å². The van der Waals surface area contributed by atoms with Crippen molar-refractivity contribution < 1.29 is 4.79 Å². The summed E-state index contributed by atoms with van der Waals surface area (Å²) in [6.07, 6.45) is 1.79. The van der Waals surface area contributed by atoms with Crippen LogP contribution in [0.2, 0.25) is 0 Å². The molecular weight excluding hydrogens is 308 g/mol. The Bertz CT molecular complexity index is 850. The summed E-state index contributed by atoms with van der Waals surface area (Å²) in [4.78, 5) is 16.7. The summed E-state index contributed by atoms with van der Waals surface area (Å²) in [5, 5.41) is 9.55. The fourth-order valence-electron chi connectivity index (χ4n) is 2.29. The van der Waals surface area contributed by atoms with E-state index in [1.807, 2.05) is 12.3 Å². The first-order valence-electron chi connectivity index (χ1n) is 7.45. The highest BCUT2D eigenvalue weighted by atomic mass is 32.1. The monoisotopic (exact) mass is 326 g/mol. The third-order valence-corrected chi connectivity index (χ3v) is 4.35. The number of thiazole rings is 1. The van der Waals surface area contributed by atoms with Crippen LogP contribution in [0.5, 0.6) is 0 Å². The number of nitrogens with one attached hydrogen (secondary N) is 1. The minimum atomic E-state index is -0.237. The third kappa shape index (κ3) is 3.32. The van der Waals surface area contributed by atoms with Crippen LogP contribution in [0.1, 0.15) is 28.5 Å². The van der Waals surface area contributed by atoms with E-state index in [9.17, 15) is 4.79 Å². The van der Waals surface area contributed by atoms with Gasteiger partial charge in [0.15, 0.2) is 10.8 Å². The molecule has 0 aliphatic carbocycles. The van der Waals surface area contributed by atoms with Crippen LogP contribution >= 0.6 is 11.3 Å². The Morgan fingerprint density at radius 1 is 1.30 bits per heavy atom. The molecule has 23 heavy (non-hydrogen) atoms. The first-order valence-corrected chi connectivity index (χ1v) is 8.32. The number of carbonyl (C=O) groups excluding carboxylic acids is 1. The van der Waals surface area contributed by atoms with Gasteiger partial charge in [0.05, 0.1) is 5.69 Å². The Balaban J connectivity index is 1.79. The lowest BCUT2D eigenvalue weighted by Gasteiger charge is -2.03. The highest BCUT2D eigenvalue weighted by Crippen LogP contribution is 2.28. The van der Waals surface area contributed by atoms with Gasteiger partial charge in [-0.1, -0.05) is 17.7 Å². The molecule has 0 spiro atoms. The van der Waals surface area contributed by atoms with Crippen molar-refractivity contribution in [2.75, 3.05) is 5.32 Å². The zero-order valence-electron chi connectivity index (χ0n) is 13.3. The maximum Gasteiger partial charge on any atom is 0.277 e. The fourth-order valence-corrected chi connectivity index (χ4v) is 2.99. The van der Waals surface area contributed by atoms with Crippen LogP contribution in [0.15, 0.2) is 35.8 Å². The molecule has 0 saturated carbocycles. The second kappa shape index (κ2) is 6.34. The van der Waals surface area contributed by atoms with E-state index >= 15 is 0 Å². The molecule has 1 N–H and O–H groups in total. The van der Waals surface area contributed by atoms with Gasteiger partial charge in [-0.3, -0.25) is 14.8 Å². The van der Waals surface area contributed by atoms with E-state index in [4.69, 9.17) is 0 Å². The van der Waals surface area contributed by atoms with Crippen molar-refractivity contribution in [1.82, 2.24) is 14.8 Å². The quantitative estimate of drug-likeness (QED) is 0.791. The Hall–Kier alpha value is -2.47. The van der Waals surface area contributed by atoms with Crippen molar-refractivity contribution in [3.63, 3.8) is 0 Å². The zero-order valence-corrected chi connectivity index (χ0v) is 14.1. The second-order valence-corrected chi connectivity index (χ2v) is 6.23. The van der Waals surface area contributed by atoms with Crippen molar-refractivity contribution >= 4 is 22.4 Å². The van der Waals surface area contributed by atoms with Gasteiger partial charge in [-0.25, -0.2) is 4.98 Å². The first-order chi connectivity index (χ1) is 11.1. The van der Waals surface area contributed by atoms with E-state index in [-0.39, 0.29) is 5.91 Å². The van der Waals surface area contributed by atoms with Gasteiger partial charge < -0.3 is 0 Å². The molecule has 118 valence electrons. The van der Waals surface area contributed by atoms with Crippen molar-refractivity contribution in [2.45, 2.75) is 27.3 Å². The van der Waals surface area contributed by atoms with E-state index in [2.05, 4.69) is 47.4 Å². The van der Waals surface area contributed by atoms with Crippen molar-refractivity contribution in [3.05, 3.63) is 52.7 Å². The molecule has 0 aliphatic rings. The molecule has 0 bridgehead atoms. The molecule has 2 heterocycles. The minimum absolute atomic E-state index is 0.237. The summed E-state index contributed by atoms with van der Waals surface area (Å²) in [6.45, 7) is 6.83. The largest absolute Gasteiger partial charge is 0.296 e. The molecule has 0 unspecified atom stereocenters. The van der Waals surface area contributed by atoms with Gasteiger partial charge in [0.2, 0.25) is 0 Å². The normalized spacial score (nSPS) is 10.7. The first kappa shape index (κ1) is 15.4. The van der Waals surface area contributed by atoms with Crippen LogP contribution in [-0.2, 0) is 6.54 Å². The summed E-state index contributed by atoms with van der Waals surface area (Å²) in [5.74, 6) is -0.237. The number of carbonyl (C=O) groups is 1. The third-order valence-electron chi connectivity index (χ3n) is 3.59. The number of aromatic nitrogens is 3. The highest BCUT2D eigenvalue weighted by Gasteiger charge is 2.13. The zero-order chi connectivity index (χ0) is 16.4. The van der Waals surface area contributed by atoms with Crippen LogP contribution in [0.3, 0.4) is 0 Å². The van der Waals surface area contributed by atoms with E-state index in [0.717, 1.165) is 17.8 Å². The molecule has 0 radical (unpaired) electrons. The van der Waals surface area contributed by atoms with Crippen LogP contribution < -0.4 is 5.32 Å². The second-order valence-electron chi connectivity index (χ2n) is 5.37. The molecule has 0 aliphatic heterocycles. The van der Waals surface area contributed by atoms with Crippen LogP contribution in [0, 0.1) is 13.8 Å². The number of benzene rings is 1. The summed E-state index contributed by atoms with van der Waals surface area (Å²) in [6, 6.07) is 7.98. The molecule has 0 saturated heterocycles. The van der Waals surface area contributed by atoms with Gasteiger partial charge in [0, 0.05) is 23.7 Å². The van der Waals surface area contributed by atoms with Crippen LogP contribution in [0.25, 0.3) is 11.3 Å². The van der Waals surface area contributed by atoms with Crippen molar-refractivity contribution in [1.29, 1.82) is 0 Å². The summed E-state index contributed by atoms with van der Waals surface area (Å²) < 4.78 is 1.72. The lowest BCUT2D eigenvalue weighted by atomic mass is 10.0. The summed E-state index contributed by atoms with van der Waals surface area (Å²) in [5.41, 5.74) is 4.73. The number of amides is 1. The van der Waals surface area contributed by atoms with Gasteiger partial charge in [-0.2, -0.15) is 5.10 Å².